The molecule has 5 N–H and O–H groups in total. The van der Waals surface area contributed by atoms with Gasteiger partial charge in [-0.1, -0.05) is 49.4 Å². The van der Waals surface area contributed by atoms with E-state index in [1.807, 2.05) is 68.6 Å². The lowest BCUT2D eigenvalue weighted by Crippen LogP contribution is -2.64. The van der Waals surface area contributed by atoms with Crippen molar-refractivity contribution in [1.29, 1.82) is 0 Å². The number of azo groups is 1. The number of aromatic nitrogens is 2. The maximum Gasteiger partial charge on any atom is 0.314 e. The number of rotatable bonds is 8. The minimum absolute atomic E-state index is 0.0862. The Morgan fingerprint density at radius 2 is 1.52 bits per heavy atom. The number of benzene rings is 4. The Balaban J connectivity index is 1.78. The molecule has 0 fully saturated rings. The number of phenols is 4. The van der Waals surface area contributed by atoms with Crippen molar-refractivity contribution in [3.05, 3.63) is 107 Å². The maximum absolute atomic E-state index is 12.0. The molecule has 2 aromatic heterocycles. The van der Waals surface area contributed by atoms with Gasteiger partial charge in [0.2, 0.25) is 0 Å². The molecule has 3 atom stereocenters. The highest BCUT2D eigenvalue weighted by molar-refractivity contribution is 8.00. The molecule has 0 saturated carbocycles. The number of ether oxygens (including phenoxy) is 1. The molecule has 258 valence electrons. The zero-order valence-corrected chi connectivity index (χ0v) is 30.1. The summed E-state index contributed by atoms with van der Waals surface area (Å²) in [5, 5.41) is 56.8. The molecule has 3 heterocycles. The van der Waals surface area contributed by atoms with Crippen molar-refractivity contribution in [2.45, 2.75) is 56.3 Å². The van der Waals surface area contributed by atoms with Gasteiger partial charge < -0.3 is 34.7 Å². The van der Waals surface area contributed by atoms with Crippen LogP contribution in [0.15, 0.2) is 95.3 Å². The van der Waals surface area contributed by atoms with E-state index in [1.54, 1.807) is 19.2 Å². The van der Waals surface area contributed by atoms with Gasteiger partial charge in [-0.3, -0.25) is 0 Å². The number of quaternary nitrogens is 1. The van der Waals surface area contributed by atoms with Crippen molar-refractivity contribution in [1.82, 2.24) is 14.0 Å². The summed E-state index contributed by atoms with van der Waals surface area (Å²) in [5.74, 6) is -0.825. The quantitative estimate of drug-likeness (QED) is 0.0480. The first-order chi connectivity index (χ1) is 23.8. The standard InChI is InChI=1S/C38H39N5O5S2/c1-6-23-17-28(36(47)20-34(23)45)37(27-14-13-24(44)18-35(27)46)40-41-38(49,50)43(37,32-12-8-10-31-25(32)15-16-42(31)21(2)3)33-11-7-9-29-26(33)19-30(39-29)22(4)48-5/h7-22,39H,6H2,1-5H3,(H5-,44,45,46,47,49,50)/p+1. The molecular weight excluding hydrogens is 671 g/mol. The summed E-state index contributed by atoms with van der Waals surface area (Å²) in [4.78, 5) is 3.51. The Bertz CT molecular complexity index is 2310. The minimum atomic E-state index is -1.85. The highest BCUT2D eigenvalue weighted by Gasteiger charge is 2.73. The molecule has 4 aromatic carbocycles. The van der Waals surface area contributed by atoms with E-state index >= 15 is 0 Å². The van der Waals surface area contributed by atoms with Gasteiger partial charge in [0.25, 0.3) is 5.66 Å². The van der Waals surface area contributed by atoms with Gasteiger partial charge in [0.1, 0.15) is 23.0 Å². The first kappa shape index (κ1) is 33.9. The van der Waals surface area contributed by atoms with E-state index in [9.17, 15) is 20.4 Å². The van der Waals surface area contributed by atoms with Crippen LogP contribution in [0.5, 0.6) is 23.0 Å². The highest BCUT2D eigenvalue weighted by Crippen LogP contribution is 2.67. The van der Waals surface area contributed by atoms with Gasteiger partial charge in [-0.25, -0.2) is 0 Å². The molecule has 0 spiro atoms. The van der Waals surface area contributed by atoms with Crippen molar-refractivity contribution in [3.63, 3.8) is 0 Å². The van der Waals surface area contributed by atoms with Gasteiger partial charge in [0.05, 0.1) is 39.0 Å². The molecule has 10 nitrogen and oxygen atoms in total. The van der Waals surface area contributed by atoms with E-state index in [2.05, 4.69) is 23.4 Å². The lowest BCUT2D eigenvalue weighted by molar-refractivity contribution is 0.116. The summed E-state index contributed by atoms with van der Waals surface area (Å²) in [6.07, 6.45) is 2.19. The topological polar surface area (TPSA) is 136 Å². The van der Waals surface area contributed by atoms with Gasteiger partial charge in [-0.05, 0) is 75.2 Å². The fourth-order valence-corrected chi connectivity index (χ4v) is 8.43. The third kappa shape index (κ3) is 4.58. The Labute approximate surface area is 300 Å². The van der Waals surface area contributed by atoms with Gasteiger partial charge in [0.15, 0.2) is 11.4 Å². The molecule has 50 heavy (non-hydrogen) atoms. The van der Waals surface area contributed by atoms with E-state index in [-0.39, 0.29) is 46.3 Å². The number of hydrogen-bond acceptors (Lipinski definition) is 9. The van der Waals surface area contributed by atoms with Crippen LogP contribution in [0, 0.1) is 0 Å². The number of thiol groups is 2. The minimum Gasteiger partial charge on any atom is -0.508 e. The van der Waals surface area contributed by atoms with E-state index < -0.39 is 14.5 Å². The molecule has 1 aliphatic heterocycles. The first-order valence-corrected chi connectivity index (χ1v) is 17.3. The van der Waals surface area contributed by atoms with Crippen LogP contribution in [-0.4, -0.2) is 41.4 Å². The summed E-state index contributed by atoms with van der Waals surface area (Å²) in [6, 6.07) is 23.3. The maximum atomic E-state index is 12.0. The second-order valence-corrected chi connectivity index (χ2v) is 14.7. The van der Waals surface area contributed by atoms with Crippen LogP contribution in [0.2, 0.25) is 0 Å². The van der Waals surface area contributed by atoms with Gasteiger partial charge >= 0.3 is 4.33 Å². The molecular formula is C38H40N5O5S2+. The number of hydrogen-bond donors (Lipinski definition) is 7. The zero-order valence-electron chi connectivity index (χ0n) is 28.3. The molecule has 0 saturated heterocycles. The van der Waals surface area contributed by atoms with E-state index in [0.29, 0.717) is 23.4 Å². The molecule has 0 radical (unpaired) electrons. The lowest BCUT2D eigenvalue weighted by Gasteiger charge is -2.50. The second kappa shape index (κ2) is 12.0. The van der Waals surface area contributed by atoms with Crippen LogP contribution in [0.1, 0.15) is 62.2 Å². The number of nitrogens with zero attached hydrogens (tertiary/aromatic N) is 4. The molecule has 0 bridgehead atoms. The number of nitrogens with one attached hydrogen (secondary N) is 1. The Hall–Kier alpha value is -4.62. The molecule has 0 aliphatic carbocycles. The van der Waals surface area contributed by atoms with Gasteiger partial charge in [-0.15, -0.1) is 5.11 Å². The number of aromatic amines is 1. The average molecular weight is 711 g/mol. The zero-order chi connectivity index (χ0) is 35.7. The van der Waals surface area contributed by atoms with Crippen LogP contribution >= 0.6 is 25.3 Å². The average Bonchev–Trinajstić information content (AvgIpc) is 3.78. The molecule has 3 unspecified atom stereocenters. The summed E-state index contributed by atoms with van der Waals surface area (Å²) < 4.78 is 5.76. The molecule has 0 amide bonds. The second-order valence-electron chi connectivity index (χ2n) is 13.1. The monoisotopic (exact) mass is 710 g/mol. The van der Waals surface area contributed by atoms with Gasteiger partial charge in [0, 0.05) is 49.3 Å². The predicted octanol–water partition coefficient (Wildman–Crippen LogP) is 9.27. The largest absolute Gasteiger partial charge is 0.508 e. The van der Waals surface area contributed by atoms with E-state index in [1.165, 1.54) is 18.2 Å². The molecule has 7 rings (SSSR count). The van der Waals surface area contributed by atoms with Gasteiger partial charge in [-0.2, -0.15) is 4.48 Å². The smallest absolute Gasteiger partial charge is 0.314 e. The van der Waals surface area contributed by atoms with Crippen molar-refractivity contribution < 1.29 is 25.2 Å². The van der Waals surface area contributed by atoms with Crippen LogP contribution in [0.25, 0.3) is 21.8 Å². The Morgan fingerprint density at radius 1 is 0.820 bits per heavy atom. The SMILES string of the molecule is CCc1cc(C2(c3ccc(O)cc3O)N=NC(S)(S)[N+]2(c2cccc3[nH]c(C(C)OC)cc23)c2cccc3c2ccn3C(C)C)c(O)cc1O. The number of fused-ring (bicyclic) bond motifs is 2. The number of phenolic OH excluding ortho intramolecular Hbond substituents is 4. The number of aryl methyl sites for hydroxylation is 1. The van der Waals surface area contributed by atoms with Crippen molar-refractivity contribution in [3.8, 4) is 23.0 Å². The van der Waals surface area contributed by atoms with Crippen molar-refractivity contribution in [2.24, 2.45) is 10.2 Å². The third-order valence-electron chi connectivity index (χ3n) is 10.0. The summed E-state index contributed by atoms with van der Waals surface area (Å²) in [6.45, 7) is 8.06. The number of aromatic hydroxyl groups is 4. The molecule has 1 aliphatic rings. The van der Waals surface area contributed by atoms with Crippen molar-refractivity contribution in [2.75, 3.05) is 7.11 Å². The predicted molar refractivity (Wildman–Crippen MR) is 203 cm³/mol. The fraction of sp³-hybridized carbons (Fsp3) is 0.263. The third-order valence-corrected chi connectivity index (χ3v) is 10.8. The summed E-state index contributed by atoms with van der Waals surface area (Å²) >= 11 is 10.5. The summed E-state index contributed by atoms with van der Waals surface area (Å²) in [5.41, 5.74) is 3.01. The van der Waals surface area contributed by atoms with Crippen LogP contribution in [0.4, 0.5) is 11.4 Å². The fourth-order valence-electron chi connectivity index (χ4n) is 7.62. The molecule has 6 aromatic rings. The highest BCUT2D eigenvalue weighted by atomic mass is 32.2. The van der Waals surface area contributed by atoms with E-state index in [0.717, 1.165) is 27.5 Å². The van der Waals surface area contributed by atoms with Crippen molar-refractivity contribution >= 4 is 58.4 Å². The van der Waals surface area contributed by atoms with Crippen LogP contribution < -0.4 is 4.48 Å². The first-order valence-electron chi connectivity index (χ1n) is 16.4. The lowest BCUT2D eigenvalue weighted by atomic mass is 9.83. The summed E-state index contributed by atoms with van der Waals surface area (Å²) in [7, 11) is 1.65. The Kier molecular flexibility index (Phi) is 8.13. The van der Waals surface area contributed by atoms with E-state index in [4.69, 9.17) is 40.2 Å². The molecule has 12 heteroatoms. The number of methoxy groups -OCH3 is 1. The number of H-pyrrole nitrogens is 1. The van der Waals surface area contributed by atoms with Crippen LogP contribution in [-0.2, 0) is 16.8 Å². The Morgan fingerprint density at radius 3 is 2.20 bits per heavy atom. The van der Waals surface area contributed by atoms with Crippen LogP contribution in [0.3, 0.4) is 0 Å². The normalized spacial score (nSPS) is 20.7.